The Morgan fingerprint density at radius 3 is 2.57 bits per heavy atom. The van der Waals surface area contributed by atoms with E-state index in [0.717, 1.165) is 9.87 Å². The SMILES string of the molecule is Cc1ccn2c(F)c(C(=O)N3CCN(S(N)(=O)=O)CC3)nc2c1. The zero-order valence-electron chi connectivity index (χ0n) is 12.4. The number of amides is 1. The van der Waals surface area contributed by atoms with Crippen LogP contribution in [0.3, 0.4) is 0 Å². The van der Waals surface area contributed by atoms with Crippen molar-refractivity contribution in [1.82, 2.24) is 18.6 Å². The van der Waals surface area contributed by atoms with Crippen molar-refractivity contribution >= 4 is 21.8 Å². The molecule has 1 saturated heterocycles. The van der Waals surface area contributed by atoms with Crippen molar-refractivity contribution in [2.45, 2.75) is 6.92 Å². The fourth-order valence-electron chi connectivity index (χ4n) is 2.55. The van der Waals surface area contributed by atoms with Crippen molar-refractivity contribution in [3.05, 3.63) is 35.5 Å². The molecule has 8 nitrogen and oxygen atoms in total. The normalized spacial score (nSPS) is 16.9. The molecule has 0 radical (unpaired) electrons. The van der Waals surface area contributed by atoms with Crippen molar-refractivity contribution in [3.63, 3.8) is 0 Å². The van der Waals surface area contributed by atoms with E-state index in [1.807, 2.05) is 6.92 Å². The van der Waals surface area contributed by atoms with Crippen LogP contribution in [0.25, 0.3) is 5.65 Å². The minimum Gasteiger partial charge on any atom is -0.335 e. The highest BCUT2D eigenvalue weighted by molar-refractivity contribution is 7.86. The van der Waals surface area contributed by atoms with Gasteiger partial charge in [-0.05, 0) is 24.6 Å². The van der Waals surface area contributed by atoms with Gasteiger partial charge < -0.3 is 4.90 Å². The summed E-state index contributed by atoms with van der Waals surface area (Å²) in [5.41, 5.74) is 0.997. The maximum Gasteiger partial charge on any atom is 0.277 e. The van der Waals surface area contributed by atoms with Gasteiger partial charge in [-0.15, -0.1) is 0 Å². The second-order valence-electron chi connectivity index (χ2n) is 5.42. The van der Waals surface area contributed by atoms with Crippen molar-refractivity contribution in [2.75, 3.05) is 26.2 Å². The summed E-state index contributed by atoms with van der Waals surface area (Å²) < 4.78 is 39.2. The van der Waals surface area contributed by atoms with E-state index < -0.39 is 22.1 Å². The summed E-state index contributed by atoms with van der Waals surface area (Å²) in [7, 11) is -3.77. The number of nitrogens with zero attached hydrogens (tertiary/aromatic N) is 4. The van der Waals surface area contributed by atoms with Gasteiger partial charge in [-0.25, -0.2) is 10.1 Å². The van der Waals surface area contributed by atoms with Crippen LogP contribution in [0.5, 0.6) is 0 Å². The lowest BCUT2D eigenvalue weighted by Crippen LogP contribution is -2.52. The average molecular weight is 341 g/mol. The van der Waals surface area contributed by atoms with Crippen LogP contribution in [0.4, 0.5) is 4.39 Å². The maximum absolute atomic E-state index is 14.4. The molecule has 0 saturated carbocycles. The van der Waals surface area contributed by atoms with Crippen molar-refractivity contribution in [2.24, 2.45) is 5.14 Å². The number of pyridine rings is 1. The average Bonchev–Trinajstić information content (AvgIpc) is 2.82. The molecule has 0 aliphatic carbocycles. The van der Waals surface area contributed by atoms with E-state index in [9.17, 15) is 17.6 Å². The Bertz CT molecular complexity index is 871. The molecule has 2 aromatic heterocycles. The molecule has 10 heteroatoms. The summed E-state index contributed by atoms with van der Waals surface area (Å²) in [5.74, 6) is -1.28. The molecule has 0 spiro atoms. The van der Waals surface area contributed by atoms with Gasteiger partial charge >= 0.3 is 0 Å². The van der Waals surface area contributed by atoms with Gasteiger partial charge in [0.05, 0.1) is 0 Å². The first-order chi connectivity index (χ1) is 10.8. The summed E-state index contributed by atoms with van der Waals surface area (Å²) in [5, 5.41) is 5.05. The Hall–Kier alpha value is -2.04. The predicted molar refractivity (Wildman–Crippen MR) is 80.5 cm³/mol. The van der Waals surface area contributed by atoms with Crippen molar-refractivity contribution < 1.29 is 17.6 Å². The molecule has 2 aromatic rings. The van der Waals surface area contributed by atoms with E-state index in [0.29, 0.717) is 5.65 Å². The topological polar surface area (TPSA) is 101 Å². The van der Waals surface area contributed by atoms with E-state index in [2.05, 4.69) is 4.98 Å². The maximum atomic E-state index is 14.4. The van der Waals surface area contributed by atoms with Crippen LogP contribution in [0.15, 0.2) is 18.3 Å². The number of hydrogen-bond donors (Lipinski definition) is 1. The van der Waals surface area contributed by atoms with E-state index in [1.165, 1.54) is 15.5 Å². The zero-order chi connectivity index (χ0) is 16.8. The molecular formula is C13H16FN5O3S. The summed E-state index contributed by atoms with van der Waals surface area (Å²) in [6, 6.07) is 3.40. The van der Waals surface area contributed by atoms with Gasteiger partial charge in [-0.2, -0.15) is 17.1 Å². The van der Waals surface area contributed by atoms with E-state index in [-0.39, 0.29) is 31.9 Å². The lowest BCUT2D eigenvalue weighted by molar-refractivity contribution is 0.0687. The third kappa shape index (κ3) is 2.92. The molecule has 1 aliphatic rings. The lowest BCUT2D eigenvalue weighted by atomic mass is 10.3. The fraction of sp³-hybridized carbons (Fsp3) is 0.385. The molecule has 23 heavy (non-hydrogen) atoms. The largest absolute Gasteiger partial charge is 0.335 e. The number of nitrogens with two attached hydrogens (primary N) is 1. The van der Waals surface area contributed by atoms with Gasteiger partial charge in [0.1, 0.15) is 5.65 Å². The molecule has 0 bridgehead atoms. The number of aromatic nitrogens is 2. The first-order valence-electron chi connectivity index (χ1n) is 6.99. The Balaban J connectivity index is 1.83. The molecular weight excluding hydrogens is 325 g/mol. The third-order valence-corrected chi connectivity index (χ3v) is 4.90. The number of piperazine rings is 1. The van der Waals surface area contributed by atoms with Gasteiger partial charge in [-0.3, -0.25) is 9.20 Å². The molecule has 2 N–H and O–H groups in total. The summed E-state index contributed by atoms with van der Waals surface area (Å²) in [4.78, 5) is 17.9. The molecule has 3 heterocycles. The molecule has 0 aromatic carbocycles. The van der Waals surface area contributed by atoms with Gasteiger partial charge in [0.25, 0.3) is 16.1 Å². The number of carbonyl (C=O) groups excluding carboxylic acids is 1. The lowest BCUT2D eigenvalue weighted by Gasteiger charge is -2.32. The first-order valence-corrected chi connectivity index (χ1v) is 8.49. The number of hydrogen-bond acceptors (Lipinski definition) is 4. The summed E-state index contributed by atoms with van der Waals surface area (Å²) in [6.07, 6.45) is 1.52. The monoisotopic (exact) mass is 341 g/mol. The Morgan fingerprint density at radius 2 is 1.96 bits per heavy atom. The van der Waals surface area contributed by atoms with Crippen LogP contribution in [-0.2, 0) is 10.2 Å². The molecule has 0 unspecified atom stereocenters. The van der Waals surface area contributed by atoms with E-state index >= 15 is 0 Å². The summed E-state index contributed by atoms with van der Waals surface area (Å²) in [6.45, 7) is 2.29. The van der Waals surface area contributed by atoms with Gasteiger partial charge in [0.15, 0.2) is 5.69 Å². The van der Waals surface area contributed by atoms with Gasteiger partial charge in [-0.1, -0.05) is 0 Å². The molecule has 1 fully saturated rings. The van der Waals surface area contributed by atoms with Crippen molar-refractivity contribution in [1.29, 1.82) is 0 Å². The van der Waals surface area contributed by atoms with Gasteiger partial charge in [0.2, 0.25) is 5.95 Å². The quantitative estimate of drug-likeness (QED) is 0.813. The van der Waals surface area contributed by atoms with Crippen LogP contribution in [0.1, 0.15) is 16.1 Å². The Labute approximate surface area is 132 Å². The third-order valence-electron chi connectivity index (χ3n) is 3.81. The molecule has 0 atom stereocenters. The highest BCUT2D eigenvalue weighted by Crippen LogP contribution is 2.16. The van der Waals surface area contributed by atoms with Crippen LogP contribution < -0.4 is 5.14 Å². The van der Waals surface area contributed by atoms with E-state index in [4.69, 9.17) is 5.14 Å². The Kier molecular flexibility index (Phi) is 3.82. The summed E-state index contributed by atoms with van der Waals surface area (Å²) >= 11 is 0. The molecule has 3 rings (SSSR count). The Morgan fingerprint density at radius 1 is 1.30 bits per heavy atom. The first kappa shape index (κ1) is 15.8. The van der Waals surface area contributed by atoms with E-state index in [1.54, 1.807) is 12.1 Å². The molecule has 1 amide bonds. The standard InChI is InChI=1S/C13H16FN5O3S/c1-9-2-3-19-10(8-9)16-11(12(19)14)13(20)17-4-6-18(7-5-17)23(15,21)22/h2-3,8H,4-7H2,1H3,(H2,15,21,22). The highest BCUT2D eigenvalue weighted by atomic mass is 32.2. The number of carbonyl (C=O) groups is 1. The number of halogens is 1. The van der Waals surface area contributed by atoms with Crippen LogP contribution in [0.2, 0.25) is 0 Å². The van der Waals surface area contributed by atoms with Crippen LogP contribution in [-0.4, -0.2) is 59.1 Å². The second-order valence-corrected chi connectivity index (χ2v) is 6.97. The van der Waals surface area contributed by atoms with Gasteiger partial charge in [0, 0.05) is 32.4 Å². The zero-order valence-corrected chi connectivity index (χ0v) is 13.3. The fourth-order valence-corrected chi connectivity index (χ4v) is 3.22. The second kappa shape index (κ2) is 5.55. The number of rotatable bonds is 2. The molecule has 124 valence electrons. The van der Waals surface area contributed by atoms with Crippen LogP contribution in [0, 0.1) is 12.9 Å². The molecule has 1 aliphatic heterocycles. The number of aryl methyl sites for hydroxylation is 1. The van der Waals surface area contributed by atoms with Crippen molar-refractivity contribution in [3.8, 4) is 0 Å². The number of imidazole rings is 1. The van der Waals surface area contributed by atoms with Crippen LogP contribution >= 0.6 is 0 Å². The predicted octanol–water partition coefficient (Wildman–Crippen LogP) is -0.257. The minimum atomic E-state index is -3.77. The highest BCUT2D eigenvalue weighted by Gasteiger charge is 2.30. The smallest absolute Gasteiger partial charge is 0.277 e. The minimum absolute atomic E-state index is 0.0820. The number of fused-ring (bicyclic) bond motifs is 1.